The van der Waals surface area contributed by atoms with Gasteiger partial charge in [0, 0.05) is 16.0 Å². The summed E-state index contributed by atoms with van der Waals surface area (Å²) in [5.41, 5.74) is 0.517. The average molecular weight is 347 g/mol. The lowest BCUT2D eigenvalue weighted by Crippen LogP contribution is -2.32. The average Bonchev–Trinajstić information content (AvgIpc) is 2.24. The van der Waals surface area contributed by atoms with Crippen molar-refractivity contribution in [3.8, 4) is 0 Å². The van der Waals surface area contributed by atoms with Crippen LogP contribution < -0.4 is 5.32 Å². The van der Waals surface area contributed by atoms with Gasteiger partial charge in [0.1, 0.15) is 5.60 Å². The SMILES string of the molecule is CC(C)(C)OC(=O)NCC=Cc1ccc(Cl)cc1Br. The largest absolute Gasteiger partial charge is 0.444 e. The molecule has 3 nitrogen and oxygen atoms in total. The Morgan fingerprint density at radius 3 is 2.74 bits per heavy atom. The van der Waals surface area contributed by atoms with Gasteiger partial charge in [0.05, 0.1) is 0 Å². The number of nitrogens with one attached hydrogen (secondary N) is 1. The van der Waals surface area contributed by atoms with E-state index in [1.165, 1.54) is 0 Å². The maximum atomic E-state index is 11.4. The molecular weight excluding hydrogens is 330 g/mol. The maximum absolute atomic E-state index is 11.4. The number of rotatable bonds is 3. The van der Waals surface area contributed by atoms with Gasteiger partial charge in [-0.2, -0.15) is 0 Å². The van der Waals surface area contributed by atoms with E-state index >= 15 is 0 Å². The van der Waals surface area contributed by atoms with Crippen molar-refractivity contribution >= 4 is 39.7 Å². The van der Waals surface area contributed by atoms with Gasteiger partial charge in [-0.3, -0.25) is 0 Å². The first kappa shape index (κ1) is 16.1. The molecule has 0 aliphatic rings. The molecule has 0 unspecified atom stereocenters. The fourth-order valence-electron chi connectivity index (χ4n) is 1.28. The van der Waals surface area contributed by atoms with Crippen LogP contribution in [0.2, 0.25) is 5.02 Å². The van der Waals surface area contributed by atoms with E-state index in [1.807, 2.05) is 51.1 Å². The molecule has 104 valence electrons. The molecule has 5 heteroatoms. The number of carbonyl (C=O) groups excluding carboxylic acids is 1. The summed E-state index contributed by atoms with van der Waals surface area (Å²) in [5.74, 6) is 0. The smallest absolute Gasteiger partial charge is 0.407 e. The van der Waals surface area contributed by atoms with Crippen LogP contribution in [0, 0.1) is 0 Å². The standard InChI is InChI=1S/C14H17BrClNO2/c1-14(2,3)19-13(18)17-8-4-5-10-6-7-11(16)9-12(10)15/h4-7,9H,8H2,1-3H3,(H,17,18). The van der Waals surface area contributed by atoms with E-state index < -0.39 is 11.7 Å². The number of hydrogen-bond donors (Lipinski definition) is 1. The molecule has 19 heavy (non-hydrogen) atoms. The van der Waals surface area contributed by atoms with Crippen LogP contribution in [0.3, 0.4) is 0 Å². The third-order valence-corrected chi connectivity index (χ3v) is 2.94. The molecule has 0 heterocycles. The van der Waals surface area contributed by atoms with Gasteiger partial charge in [0.25, 0.3) is 0 Å². The predicted molar refractivity (Wildman–Crippen MR) is 82.4 cm³/mol. The number of carbonyl (C=O) groups is 1. The number of hydrogen-bond acceptors (Lipinski definition) is 2. The van der Waals surface area contributed by atoms with Crippen molar-refractivity contribution in [3.63, 3.8) is 0 Å². The molecule has 1 aromatic rings. The second-order valence-electron chi connectivity index (χ2n) is 4.95. The van der Waals surface area contributed by atoms with Crippen molar-refractivity contribution in [2.75, 3.05) is 6.54 Å². The Labute approximate surface area is 127 Å². The molecule has 0 fully saturated rings. The molecular formula is C14H17BrClNO2. The highest BCUT2D eigenvalue weighted by Gasteiger charge is 2.14. The van der Waals surface area contributed by atoms with Crippen LogP contribution in [-0.2, 0) is 4.74 Å². The highest BCUT2D eigenvalue weighted by molar-refractivity contribution is 9.10. The molecule has 0 atom stereocenters. The molecule has 0 bridgehead atoms. The summed E-state index contributed by atoms with van der Waals surface area (Å²) >= 11 is 9.27. The zero-order valence-electron chi connectivity index (χ0n) is 11.2. The Kier molecular flexibility index (Phi) is 5.88. The quantitative estimate of drug-likeness (QED) is 0.866. The van der Waals surface area contributed by atoms with E-state index in [9.17, 15) is 4.79 Å². The topological polar surface area (TPSA) is 38.3 Å². The summed E-state index contributed by atoms with van der Waals surface area (Å²) < 4.78 is 6.03. The van der Waals surface area contributed by atoms with E-state index in [-0.39, 0.29) is 0 Å². The van der Waals surface area contributed by atoms with Crippen LogP contribution in [0.1, 0.15) is 26.3 Å². The van der Waals surface area contributed by atoms with Crippen LogP contribution in [0.4, 0.5) is 4.79 Å². The van der Waals surface area contributed by atoms with Gasteiger partial charge >= 0.3 is 6.09 Å². The third-order valence-electron chi connectivity index (χ3n) is 2.02. The zero-order chi connectivity index (χ0) is 14.5. The normalized spacial score (nSPS) is 11.6. The van der Waals surface area contributed by atoms with Gasteiger partial charge in [-0.05, 0) is 38.5 Å². The lowest BCUT2D eigenvalue weighted by molar-refractivity contribution is 0.0534. The monoisotopic (exact) mass is 345 g/mol. The predicted octanol–water partition coefficient (Wildman–Crippen LogP) is 4.64. The number of amides is 1. The zero-order valence-corrected chi connectivity index (χ0v) is 13.5. The summed E-state index contributed by atoms with van der Waals surface area (Å²) in [6.45, 7) is 5.89. The van der Waals surface area contributed by atoms with Crippen LogP contribution >= 0.6 is 27.5 Å². The van der Waals surface area contributed by atoms with Crippen molar-refractivity contribution < 1.29 is 9.53 Å². The second-order valence-corrected chi connectivity index (χ2v) is 6.24. The minimum absolute atomic E-state index is 0.407. The summed E-state index contributed by atoms with van der Waals surface area (Å²) in [7, 11) is 0. The van der Waals surface area contributed by atoms with Crippen molar-refractivity contribution in [1.29, 1.82) is 0 Å². The molecule has 0 radical (unpaired) electrons. The fraction of sp³-hybridized carbons (Fsp3) is 0.357. The number of ether oxygens (including phenoxy) is 1. The lowest BCUT2D eigenvalue weighted by atomic mass is 10.2. The summed E-state index contributed by atoms with van der Waals surface area (Å²) in [4.78, 5) is 11.4. The van der Waals surface area contributed by atoms with Gasteiger partial charge in [-0.1, -0.05) is 45.7 Å². The van der Waals surface area contributed by atoms with Crippen molar-refractivity contribution in [1.82, 2.24) is 5.32 Å². The van der Waals surface area contributed by atoms with Gasteiger partial charge in [-0.25, -0.2) is 4.79 Å². The lowest BCUT2D eigenvalue weighted by Gasteiger charge is -2.19. The molecule has 0 aliphatic heterocycles. The highest BCUT2D eigenvalue weighted by Crippen LogP contribution is 2.22. The fourth-order valence-corrected chi connectivity index (χ4v) is 2.09. The molecule has 0 saturated heterocycles. The molecule has 0 aliphatic carbocycles. The third kappa shape index (κ3) is 6.64. The van der Waals surface area contributed by atoms with Gasteiger partial charge < -0.3 is 10.1 Å². The van der Waals surface area contributed by atoms with E-state index in [2.05, 4.69) is 21.2 Å². The van der Waals surface area contributed by atoms with Crippen LogP contribution in [0.15, 0.2) is 28.7 Å². The van der Waals surface area contributed by atoms with Crippen molar-refractivity contribution in [2.24, 2.45) is 0 Å². The van der Waals surface area contributed by atoms with Gasteiger partial charge in [-0.15, -0.1) is 0 Å². The van der Waals surface area contributed by atoms with Crippen molar-refractivity contribution in [3.05, 3.63) is 39.3 Å². The van der Waals surface area contributed by atoms with E-state index in [0.717, 1.165) is 10.0 Å². The second kappa shape index (κ2) is 6.96. The first-order valence-electron chi connectivity index (χ1n) is 5.86. The Morgan fingerprint density at radius 2 is 2.16 bits per heavy atom. The molecule has 1 N–H and O–H groups in total. The summed E-state index contributed by atoms with van der Waals surface area (Å²) in [5, 5.41) is 3.33. The highest BCUT2D eigenvalue weighted by atomic mass is 79.9. The Bertz CT molecular complexity index is 481. The number of halogens is 2. The van der Waals surface area contributed by atoms with Crippen LogP contribution in [0.5, 0.6) is 0 Å². The summed E-state index contributed by atoms with van der Waals surface area (Å²) in [6, 6.07) is 5.53. The minimum atomic E-state index is -0.479. The molecule has 0 spiro atoms. The van der Waals surface area contributed by atoms with Crippen LogP contribution in [0.25, 0.3) is 6.08 Å². The Balaban J connectivity index is 2.44. The van der Waals surface area contributed by atoms with E-state index in [4.69, 9.17) is 16.3 Å². The minimum Gasteiger partial charge on any atom is -0.444 e. The van der Waals surface area contributed by atoms with E-state index in [1.54, 1.807) is 0 Å². The number of benzene rings is 1. The molecule has 1 aromatic carbocycles. The molecule has 1 rings (SSSR count). The first-order valence-corrected chi connectivity index (χ1v) is 7.03. The maximum Gasteiger partial charge on any atom is 0.407 e. The molecule has 0 aromatic heterocycles. The Morgan fingerprint density at radius 1 is 1.47 bits per heavy atom. The van der Waals surface area contributed by atoms with Gasteiger partial charge in [0.2, 0.25) is 0 Å². The number of alkyl carbamates (subject to hydrolysis) is 1. The van der Waals surface area contributed by atoms with Gasteiger partial charge in [0.15, 0.2) is 0 Å². The van der Waals surface area contributed by atoms with Crippen molar-refractivity contribution in [2.45, 2.75) is 26.4 Å². The molecule has 0 saturated carbocycles. The van der Waals surface area contributed by atoms with Crippen LogP contribution in [-0.4, -0.2) is 18.2 Å². The van der Waals surface area contributed by atoms with E-state index in [0.29, 0.717) is 11.6 Å². The Hall–Kier alpha value is -1.000. The first-order chi connectivity index (χ1) is 8.78. The molecule has 1 amide bonds. The summed E-state index contributed by atoms with van der Waals surface area (Å²) in [6.07, 6.45) is 3.32.